The summed E-state index contributed by atoms with van der Waals surface area (Å²) in [6.07, 6.45) is 1.80. The van der Waals surface area contributed by atoms with Crippen molar-refractivity contribution in [3.8, 4) is 0 Å². The van der Waals surface area contributed by atoms with Crippen LogP contribution >= 0.6 is 0 Å². The van der Waals surface area contributed by atoms with Gasteiger partial charge in [0.2, 0.25) is 0 Å². The summed E-state index contributed by atoms with van der Waals surface area (Å²) in [4.78, 5) is 6.68. The van der Waals surface area contributed by atoms with Gasteiger partial charge in [-0.2, -0.15) is 0 Å². The maximum absolute atomic E-state index is 6.03. The van der Waals surface area contributed by atoms with Crippen LogP contribution in [0.3, 0.4) is 0 Å². The number of hydrogen-bond donors (Lipinski definition) is 1. The molecule has 1 atom stereocenters. The predicted octanol–water partition coefficient (Wildman–Crippen LogP) is 1.98. The third-order valence-corrected chi connectivity index (χ3v) is 3.03. The molecule has 0 fully saturated rings. The third-order valence-electron chi connectivity index (χ3n) is 3.03. The Balaban J connectivity index is 2.79. The van der Waals surface area contributed by atoms with E-state index in [1.807, 2.05) is 32.9 Å². The van der Waals surface area contributed by atoms with Crippen molar-refractivity contribution >= 4 is 5.82 Å². The van der Waals surface area contributed by atoms with Crippen LogP contribution in [0.2, 0.25) is 0 Å². The van der Waals surface area contributed by atoms with E-state index in [-0.39, 0.29) is 6.04 Å². The zero-order valence-electron chi connectivity index (χ0n) is 12.8. The number of hydrogen-bond acceptors (Lipinski definition) is 5. The van der Waals surface area contributed by atoms with Crippen molar-refractivity contribution < 1.29 is 9.47 Å². The summed E-state index contributed by atoms with van der Waals surface area (Å²) in [6.45, 7) is 10.4. The molecular weight excluding hydrogens is 254 g/mol. The van der Waals surface area contributed by atoms with Gasteiger partial charge in [0, 0.05) is 44.1 Å². The second-order valence-corrected chi connectivity index (χ2v) is 4.59. The minimum absolute atomic E-state index is 0.0413. The standard InChI is InChI=1S/C15H27N3O2/c1-4-19-11-9-18(10-12-20-5-2)15-14(13(3)16)7-6-8-17-15/h6-8,13H,4-5,9-12,16H2,1-3H3/t13-/m1/s1. The van der Waals surface area contributed by atoms with Crippen LogP contribution in [0, 0.1) is 0 Å². The zero-order valence-corrected chi connectivity index (χ0v) is 12.8. The van der Waals surface area contributed by atoms with Gasteiger partial charge in [-0.3, -0.25) is 0 Å². The summed E-state index contributed by atoms with van der Waals surface area (Å²) in [7, 11) is 0. The Bertz CT molecular complexity index is 362. The quantitative estimate of drug-likeness (QED) is 0.665. The first-order valence-corrected chi connectivity index (χ1v) is 7.31. The molecule has 0 saturated heterocycles. The number of pyridine rings is 1. The fraction of sp³-hybridized carbons (Fsp3) is 0.667. The summed E-state index contributed by atoms with van der Waals surface area (Å²) in [5, 5.41) is 0. The van der Waals surface area contributed by atoms with Crippen molar-refractivity contribution in [3.63, 3.8) is 0 Å². The van der Waals surface area contributed by atoms with Gasteiger partial charge in [0.15, 0.2) is 0 Å². The summed E-state index contributed by atoms with van der Waals surface area (Å²) < 4.78 is 10.9. The normalized spacial score (nSPS) is 12.4. The Morgan fingerprint density at radius 1 is 1.20 bits per heavy atom. The fourth-order valence-electron chi connectivity index (χ4n) is 1.99. The Morgan fingerprint density at radius 3 is 2.30 bits per heavy atom. The lowest BCUT2D eigenvalue weighted by molar-refractivity contribution is 0.141. The molecule has 0 saturated carbocycles. The molecule has 0 aliphatic rings. The second kappa shape index (κ2) is 9.69. The second-order valence-electron chi connectivity index (χ2n) is 4.59. The van der Waals surface area contributed by atoms with E-state index in [0.29, 0.717) is 13.2 Å². The molecule has 5 nitrogen and oxygen atoms in total. The first kappa shape index (κ1) is 16.9. The van der Waals surface area contributed by atoms with Crippen LogP contribution in [0.15, 0.2) is 18.3 Å². The van der Waals surface area contributed by atoms with Crippen LogP contribution in [0.25, 0.3) is 0 Å². The molecule has 0 aliphatic heterocycles. The average Bonchev–Trinajstić information content (AvgIpc) is 2.46. The van der Waals surface area contributed by atoms with Gasteiger partial charge in [-0.1, -0.05) is 6.07 Å². The van der Waals surface area contributed by atoms with E-state index in [9.17, 15) is 0 Å². The molecule has 0 unspecified atom stereocenters. The third kappa shape index (κ3) is 5.45. The topological polar surface area (TPSA) is 60.6 Å². The highest BCUT2D eigenvalue weighted by atomic mass is 16.5. The highest BCUT2D eigenvalue weighted by molar-refractivity contribution is 5.48. The van der Waals surface area contributed by atoms with Crippen LogP contribution in [-0.4, -0.2) is 44.5 Å². The van der Waals surface area contributed by atoms with E-state index in [1.54, 1.807) is 6.20 Å². The molecule has 1 rings (SSSR count). The smallest absolute Gasteiger partial charge is 0.133 e. The molecule has 0 spiro atoms. The van der Waals surface area contributed by atoms with Crippen molar-refractivity contribution in [1.82, 2.24) is 4.98 Å². The van der Waals surface area contributed by atoms with Gasteiger partial charge in [0.1, 0.15) is 5.82 Å². The predicted molar refractivity (Wildman–Crippen MR) is 82.0 cm³/mol. The maximum Gasteiger partial charge on any atom is 0.133 e. The highest BCUT2D eigenvalue weighted by Crippen LogP contribution is 2.22. The Kier molecular flexibility index (Phi) is 8.18. The van der Waals surface area contributed by atoms with Gasteiger partial charge in [0.25, 0.3) is 0 Å². The minimum Gasteiger partial charge on any atom is -0.380 e. The van der Waals surface area contributed by atoms with Gasteiger partial charge in [-0.15, -0.1) is 0 Å². The monoisotopic (exact) mass is 281 g/mol. The molecule has 1 aromatic heterocycles. The average molecular weight is 281 g/mol. The van der Waals surface area contributed by atoms with E-state index >= 15 is 0 Å². The SMILES string of the molecule is CCOCCN(CCOCC)c1ncccc1[C@@H](C)N. The molecular formula is C15H27N3O2. The van der Waals surface area contributed by atoms with Crippen molar-refractivity contribution in [1.29, 1.82) is 0 Å². The number of nitrogens with two attached hydrogens (primary N) is 1. The minimum atomic E-state index is -0.0413. The van der Waals surface area contributed by atoms with E-state index in [2.05, 4.69) is 9.88 Å². The first-order valence-electron chi connectivity index (χ1n) is 7.31. The zero-order chi connectivity index (χ0) is 14.8. The Labute approximate surface area is 122 Å². The van der Waals surface area contributed by atoms with E-state index < -0.39 is 0 Å². The lowest BCUT2D eigenvalue weighted by Crippen LogP contribution is -2.33. The van der Waals surface area contributed by atoms with Crippen LogP contribution in [0.4, 0.5) is 5.82 Å². The molecule has 1 aromatic rings. The molecule has 0 radical (unpaired) electrons. The number of ether oxygens (including phenoxy) is 2. The molecule has 1 heterocycles. The summed E-state index contributed by atoms with van der Waals surface area (Å²) in [5.74, 6) is 0.932. The maximum atomic E-state index is 6.03. The number of nitrogens with zero attached hydrogens (tertiary/aromatic N) is 2. The van der Waals surface area contributed by atoms with Crippen molar-refractivity contribution in [2.75, 3.05) is 44.4 Å². The first-order chi connectivity index (χ1) is 9.70. The van der Waals surface area contributed by atoms with Crippen molar-refractivity contribution in [2.24, 2.45) is 5.73 Å². The van der Waals surface area contributed by atoms with Gasteiger partial charge in [-0.05, 0) is 26.8 Å². The largest absolute Gasteiger partial charge is 0.380 e. The molecule has 20 heavy (non-hydrogen) atoms. The Hall–Kier alpha value is -1.17. The molecule has 5 heteroatoms. The van der Waals surface area contributed by atoms with E-state index in [1.165, 1.54) is 0 Å². The Morgan fingerprint density at radius 2 is 1.80 bits per heavy atom. The number of anilines is 1. The fourth-order valence-corrected chi connectivity index (χ4v) is 1.99. The van der Waals surface area contributed by atoms with Gasteiger partial charge >= 0.3 is 0 Å². The molecule has 0 amide bonds. The van der Waals surface area contributed by atoms with Crippen molar-refractivity contribution in [3.05, 3.63) is 23.9 Å². The number of rotatable bonds is 10. The highest BCUT2D eigenvalue weighted by Gasteiger charge is 2.14. The molecule has 0 aromatic carbocycles. The lowest BCUT2D eigenvalue weighted by atomic mass is 10.1. The van der Waals surface area contributed by atoms with Crippen LogP contribution in [0.1, 0.15) is 32.4 Å². The molecule has 2 N–H and O–H groups in total. The molecule has 0 bridgehead atoms. The van der Waals surface area contributed by atoms with E-state index in [4.69, 9.17) is 15.2 Å². The summed E-state index contributed by atoms with van der Waals surface area (Å²) in [5.41, 5.74) is 7.09. The van der Waals surface area contributed by atoms with Crippen molar-refractivity contribution in [2.45, 2.75) is 26.8 Å². The van der Waals surface area contributed by atoms with Crippen LogP contribution in [-0.2, 0) is 9.47 Å². The summed E-state index contributed by atoms with van der Waals surface area (Å²) in [6, 6.07) is 3.91. The number of aromatic nitrogens is 1. The lowest BCUT2D eigenvalue weighted by Gasteiger charge is -2.26. The summed E-state index contributed by atoms with van der Waals surface area (Å²) >= 11 is 0. The van der Waals surface area contributed by atoms with Gasteiger partial charge < -0.3 is 20.1 Å². The van der Waals surface area contributed by atoms with Crippen LogP contribution < -0.4 is 10.6 Å². The van der Waals surface area contributed by atoms with E-state index in [0.717, 1.165) is 37.7 Å². The van der Waals surface area contributed by atoms with Gasteiger partial charge in [0.05, 0.1) is 13.2 Å². The molecule has 114 valence electrons. The molecule has 0 aliphatic carbocycles. The van der Waals surface area contributed by atoms with Crippen LogP contribution in [0.5, 0.6) is 0 Å². The van der Waals surface area contributed by atoms with Gasteiger partial charge in [-0.25, -0.2) is 4.98 Å².